The van der Waals surface area contributed by atoms with Gasteiger partial charge in [0.15, 0.2) is 0 Å². The maximum absolute atomic E-state index is 11.8. The van der Waals surface area contributed by atoms with Crippen LogP contribution in [-0.2, 0) is 11.3 Å². The number of benzene rings is 1. The molecule has 0 fully saturated rings. The first-order valence-corrected chi connectivity index (χ1v) is 5.97. The average molecular weight is 278 g/mol. The number of hydrogen-bond donors (Lipinski definition) is 0. The van der Waals surface area contributed by atoms with Crippen LogP contribution in [-0.4, -0.2) is 23.1 Å². The van der Waals surface area contributed by atoms with E-state index in [9.17, 15) is 4.79 Å². The molecule has 0 saturated heterocycles. The highest BCUT2D eigenvalue weighted by atomic mass is 35.5. The Kier molecular flexibility index (Phi) is 4.30. The van der Waals surface area contributed by atoms with Gasteiger partial charge in [-0.2, -0.15) is 0 Å². The summed E-state index contributed by atoms with van der Waals surface area (Å²) in [6, 6.07) is 11.0. The molecule has 98 valence electrons. The second-order valence-electron chi connectivity index (χ2n) is 3.78. The summed E-state index contributed by atoms with van der Waals surface area (Å²) in [6.45, 7) is 0.211. The zero-order valence-electron chi connectivity index (χ0n) is 10.3. The first-order chi connectivity index (χ1) is 9.16. The highest BCUT2D eigenvalue weighted by Crippen LogP contribution is 2.12. The number of halogens is 1. The molecule has 6 heteroatoms. The number of ether oxygens (including phenoxy) is 1. The van der Waals surface area contributed by atoms with E-state index in [1.54, 1.807) is 13.1 Å². The van der Waals surface area contributed by atoms with Gasteiger partial charge in [0.1, 0.15) is 12.4 Å². The van der Waals surface area contributed by atoms with Crippen molar-refractivity contribution in [3.05, 3.63) is 53.4 Å². The number of anilines is 1. The van der Waals surface area contributed by atoms with E-state index in [0.29, 0.717) is 5.82 Å². The molecule has 1 heterocycles. The lowest BCUT2D eigenvalue weighted by Gasteiger charge is -2.15. The largest absolute Gasteiger partial charge is 0.444 e. The van der Waals surface area contributed by atoms with E-state index >= 15 is 0 Å². The van der Waals surface area contributed by atoms with Crippen LogP contribution in [0.15, 0.2) is 42.6 Å². The van der Waals surface area contributed by atoms with Crippen molar-refractivity contribution in [3.8, 4) is 0 Å². The summed E-state index contributed by atoms with van der Waals surface area (Å²) in [5.74, 6) is 0.387. The van der Waals surface area contributed by atoms with Crippen molar-refractivity contribution in [1.29, 1.82) is 0 Å². The minimum atomic E-state index is -0.501. The van der Waals surface area contributed by atoms with Crippen LogP contribution < -0.4 is 4.90 Å². The molecular formula is C13H12ClN3O2. The SMILES string of the molecule is CN(C(=O)OCc1ccccc1)c1ccnc(Cl)n1. The van der Waals surface area contributed by atoms with Gasteiger partial charge < -0.3 is 4.74 Å². The van der Waals surface area contributed by atoms with E-state index in [2.05, 4.69) is 9.97 Å². The summed E-state index contributed by atoms with van der Waals surface area (Å²) in [6.07, 6.45) is 0.977. The molecule has 19 heavy (non-hydrogen) atoms. The number of hydrogen-bond acceptors (Lipinski definition) is 4. The van der Waals surface area contributed by atoms with Crippen LogP contribution in [0.5, 0.6) is 0 Å². The maximum Gasteiger partial charge on any atom is 0.415 e. The van der Waals surface area contributed by atoms with E-state index in [-0.39, 0.29) is 11.9 Å². The standard InChI is InChI=1S/C13H12ClN3O2/c1-17(11-7-8-15-12(14)16-11)13(18)19-9-10-5-3-2-4-6-10/h2-8H,9H2,1H3. The molecule has 0 N–H and O–H groups in total. The fourth-order valence-electron chi connectivity index (χ4n) is 1.42. The van der Waals surface area contributed by atoms with E-state index in [1.807, 2.05) is 30.3 Å². The fourth-order valence-corrected chi connectivity index (χ4v) is 1.57. The Labute approximate surface area is 115 Å². The molecule has 2 rings (SSSR count). The third-order valence-electron chi connectivity index (χ3n) is 2.43. The summed E-state index contributed by atoms with van der Waals surface area (Å²) in [5, 5.41) is 0.0835. The normalized spacial score (nSPS) is 10.0. The van der Waals surface area contributed by atoms with Gasteiger partial charge in [-0.25, -0.2) is 14.8 Å². The first-order valence-electron chi connectivity index (χ1n) is 5.60. The van der Waals surface area contributed by atoms with Gasteiger partial charge in [-0.15, -0.1) is 0 Å². The van der Waals surface area contributed by atoms with Crippen LogP contribution in [0.2, 0.25) is 5.28 Å². The summed E-state index contributed by atoms with van der Waals surface area (Å²) < 4.78 is 5.17. The summed E-state index contributed by atoms with van der Waals surface area (Å²) in [7, 11) is 1.56. The molecule has 0 aliphatic heterocycles. The second-order valence-corrected chi connectivity index (χ2v) is 4.12. The topological polar surface area (TPSA) is 55.3 Å². The van der Waals surface area contributed by atoms with Gasteiger partial charge in [0.2, 0.25) is 5.28 Å². The number of aromatic nitrogens is 2. The minimum absolute atomic E-state index is 0.0835. The van der Waals surface area contributed by atoms with Crippen LogP contribution in [0.3, 0.4) is 0 Å². The average Bonchev–Trinajstić information content (AvgIpc) is 2.45. The number of rotatable bonds is 3. The van der Waals surface area contributed by atoms with Gasteiger partial charge in [-0.05, 0) is 23.2 Å². The number of carbonyl (C=O) groups excluding carboxylic acids is 1. The number of carbonyl (C=O) groups is 1. The summed E-state index contributed by atoms with van der Waals surface area (Å²) in [4.78, 5) is 20.8. The van der Waals surface area contributed by atoms with Crippen molar-refractivity contribution < 1.29 is 9.53 Å². The van der Waals surface area contributed by atoms with Crippen LogP contribution in [0.1, 0.15) is 5.56 Å². The zero-order valence-corrected chi connectivity index (χ0v) is 11.0. The molecule has 0 atom stereocenters. The fraction of sp³-hybridized carbons (Fsp3) is 0.154. The smallest absolute Gasteiger partial charge is 0.415 e. The van der Waals surface area contributed by atoms with Gasteiger partial charge in [0, 0.05) is 13.2 Å². The number of nitrogens with zero attached hydrogens (tertiary/aromatic N) is 3. The van der Waals surface area contributed by atoms with Crippen LogP contribution in [0.25, 0.3) is 0 Å². The molecule has 0 radical (unpaired) electrons. The molecule has 0 aliphatic rings. The third kappa shape index (κ3) is 3.66. The van der Waals surface area contributed by atoms with Crippen molar-refractivity contribution in [1.82, 2.24) is 9.97 Å². The van der Waals surface area contributed by atoms with E-state index in [4.69, 9.17) is 16.3 Å². The second kappa shape index (κ2) is 6.15. The summed E-state index contributed by atoms with van der Waals surface area (Å²) in [5.41, 5.74) is 0.921. The molecule has 1 amide bonds. The molecule has 5 nitrogen and oxygen atoms in total. The Bertz CT molecular complexity index is 563. The Hall–Kier alpha value is -2.14. The van der Waals surface area contributed by atoms with Crippen LogP contribution in [0.4, 0.5) is 10.6 Å². The van der Waals surface area contributed by atoms with Crippen molar-refractivity contribution in [3.63, 3.8) is 0 Å². The molecular weight excluding hydrogens is 266 g/mol. The highest BCUT2D eigenvalue weighted by molar-refractivity contribution is 6.28. The Morgan fingerprint density at radius 3 is 2.74 bits per heavy atom. The maximum atomic E-state index is 11.8. The van der Waals surface area contributed by atoms with E-state index < -0.39 is 6.09 Å². The Morgan fingerprint density at radius 1 is 1.32 bits per heavy atom. The van der Waals surface area contributed by atoms with Crippen LogP contribution in [0, 0.1) is 0 Å². The van der Waals surface area contributed by atoms with E-state index in [0.717, 1.165) is 5.56 Å². The van der Waals surface area contributed by atoms with Crippen molar-refractivity contribution in [2.45, 2.75) is 6.61 Å². The minimum Gasteiger partial charge on any atom is -0.444 e. The van der Waals surface area contributed by atoms with Crippen molar-refractivity contribution in [2.75, 3.05) is 11.9 Å². The predicted octanol–water partition coefficient (Wildman–Crippen LogP) is 2.90. The lowest BCUT2D eigenvalue weighted by Crippen LogP contribution is -2.27. The van der Waals surface area contributed by atoms with Gasteiger partial charge in [-0.3, -0.25) is 4.90 Å². The number of amides is 1. The Balaban J connectivity index is 1.96. The van der Waals surface area contributed by atoms with Gasteiger partial charge in [-0.1, -0.05) is 30.3 Å². The monoisotopic (exact) mass is 277 g/mol. The molecule has 0 aliphatic carbocycles. The molecule has 0 unspecified atom stereocenters. The third-order valence-corrected chi connectivity index (χ3v) is 2.62. The molecule has 2 aromatic rings. The van der Waals surface area contributed by atoms with Gasteiger partial charge >= 0.3 is 6.09 Å². The van der Waals surface area contributed by atoms with Gasteiger partial charge in [0.25, 0.3) is 0 Å². The lowest BCUT2D eigenvalue weighted by molar-refractivity contribution is 0.148. The molecule has 0 saturated carbocycles. The van der Waals surface area contributed by atoms with Crippen LogP contribution >= 0.6 is 11.6 Å². The highest BCUT2D eigenvalue weighted by Gasteiger charge is 2.14. The van der Waals surface area contributed by atoms with Gasteiger partial charge in [0.05, 0.1) is 0 Å². The van der Waals surface area contributed by atoms with E-state index in [1.165, 1.54) is 11.1 Å². The molecule has 1 aromatic carbocycles. The lowest BCUT2D eigenvalue weighted by atomic mass is 10.2. The first kappa shape index (κ1) is 13.3. The Morgan fingerprint density at radius 2 is 2.05 bits per heavy atom. The molecule has 1 aromatic heterocycles. The predicted molar refractivity (Wildman–Crippen MR) is 72.1 cm³/mol. The molecule has 0 bridgehead atoms. The molecule has 0 spiro atoms. The zero-order chi connectivity index (χ0) is 13.7. The van der Waals surface area contributed by atoms with Crippen molar-refractivity contribution in [2.24, 2.45) is 0 Å². The van der Waals surface area contributed by atoms with Crippen molar-refractivity contribution >= 4 is 23.5 Å². The quantitative estimate of drug-likeness (QED) is 0.810. The summed E-state index contributed by atoms with van der Waals surface area (Å²) >= 11 is 5.67.